The van der Waals surface area contributed by atoms with Gasteiger partial charge in [-0.25, -0.2) is 0 Å². The van der Waals surface area contributed by atoms with Gasteiger partial charge in [0.25, 0.3) is 0 Å². The number of nitro groups is 1. The number of phenols is 1. The number of phenolic OH excluding ortho intramolecular Hbond substituents is 1. The fraction of sp³-hybridized carbons (Fsp3) is 0.133. The minimum absolute atomic E-state index is 0.0469. The van der Waals surface area contributed by atoms with E-state index in [1.54, 1.807) is 6.92 Å². The first-order valence-corrected chi connectivity index (χ1v) is 7.49. The molecule has 0 aliphatic carbocycles. The average molecular weight is 380 g/mol. The highest BCUT2D eigenvalue weighted by atomic mass is 79.9. The van der Waals surface area contributed by atoms with Gasteiger partial charge >= 0.3 is 5.69 Å². The fourth-order valence-corrected chi connectivity index (χ4v) is 2.23. The number of nitrogens with one attached hydrogen (secondary N) is 1. The van der Waals surface area contributed by atoms with Crippen molar-refractivity contribution in [3.63, 3.8) is 0 Å². The Hall–Kier alpha value is -2.61. The van der Waals surface area contributed by atoms with Crippen LogP contribution in [0.1, 0.15) is 12.5 Å². The van der Waals surface area contributed by atoms with E-state index in [1.165, 1.54) is 18.3 Å². The number of rotatable bonds is 6. The number of benzene rings is 2. The molecule has 8 heteroatoms. The summed E-state index contributed by atoms with van der Waals surface area (Å²) >= 11 is 3.35. The summed E-state index contributed by atoms with van der Waals surface area (Å²) in [5, 5.41) is 24.8. The van der Waals surface area contributed by atoms with Crippen molar-refractivity contribution < 1.29 is 14.8 Å². The Morgan fingerprint density at radius 2 is 2.22 bits per heavy atom. The molecule has 0 saturated heterocycles. The first kappa shape index (κ1) is 16.8. The number of halogens is 1. The molecule has 0 bridgehead atoms. The van der Waals surface area contributed by atoms with Gasteiger partial charge in [-0.1, -0.05) is 22.0 Å². The molecule has 0 unspecified atom stereocenters. The molecular formula is C15H14BrN3O4. The first-order chi connectivity index (χ1) is 11.0. The van der Waals surface area contributed by atoms with Crippen molar-refractivity contribution in [3.8, 4) is 11.5 Å². The predicted octanol–water partition coefficient (Wildman–Crippen LogP) is 3.91. The lowest BCUT2D eigenvalue weighted by Crippen LogP contribution is -1.98. The molecule has 120 valence electrons. The van der Waals surface area contributed by atoms with E-state index < -0.39 is 16.4 Å². The fourth-order valence-electron chi connectivity index (χ4n) is 1.83. The van der Waals surface area contributed by atoms with Crippen LogP contribution in [0.2, 0.25) is 0 Å². The highest BCUT2D eigenvalue weighted by Gasteiger charge is 2.19. The van der Waals surface area contributed by atoms with Crippen molar-refractivity contribution in [2.24, 2.45) is 5.10 Å². The quantitative estimate of drug-likeness (QED) is 0.450. The molecule has 23 heavy (non-hydrogen) atoms. The molecule has 7 nitrogen and oxygen atoms in total. The summed E-state index contributed by atoms with van der Waals surface area (Å²) in [5.41, 5.74) is 3.57. The SMILES string of the molecule is CCOc1cc(C=NNc2cccc(Br)c2)cc([N+](=O)[O-])c1O. The second-order valence-corrected chi connectivity index (χ2v) is 5.37. The van der Waals surface area contributed by atoms with Gasteiger partial charge in [-0.05, 0) is 31.2 Å². The van der Waals surface area contributed by atoms with E-state index in [2.05, 4.69) is 26.5 Å². The molecule has 0 aliphatic rings. The van der Waals surface area contributed by atoms with Crippen LogP contribution in [-0.2, 0) is 0 Å². The zero-order chi connectivity index (χ0) is 16.8. The van der Waals surface area contributed by atoms with E-state index in [1.807, 2.05) is 24.3 Å². The van der Waals surface area contributed by atoms with Crippen LogP contribution >= 0.6 is 15.9 Å². The van der Waals surface area contributed by atoms with E-state index in [0.717, 1.165) is 10.2 Å². The summed E-state index contributed by atoms with van der Waals surface area (Å²) in [4.78, 5) is 10.3. The Kier molecular flexibility index (Phi) is 5.53. The van der Waals surface area contributed by atoms with E-state index in [4.69, 9.17) is 4.74 Å². The third-order valence-corrected chi connectivity index (χ3v) is 3.30. The van der Waals surface area contributed by atoms with Gasteiger partial charge in [0.1, 0.15) is 0 Å². The van der Waals surface area contributed by atoms with Crippen LogP contribution in [0.15, 0.2) is 46.0 Å². The maximum absolute atomic E-state index is 11.0. The molecule has 2 aromatic rings. The zero-order valence-electron chi connectivity index (χ0n) is 12.2. The average Bonchev–Trinajstić information content (AvgIpc) is 2.50. The molecule has 0 amide bonds. The lowest BCUT2D eigenvalue weighted by Gasteiger charge is -2.07. The van der Waals surface area contributed by atoms with Gasteiger partial charge in [-0.3, -0.25) is 15.5 Å². The lowest BCUT2D eigenvalue weighted by molar-refractivity contribution is -0.386. The van der Waals surface area contributed by atoms with Crippen LogP contribution < -0.4 is 10.2 Å². The van der Waals surface area contributed by atoms with Crippen LogP contribution in [0.5, 0.6) is 11.5 Å². The number of nitro benzene ring substituents is 1. The van der Waals surface area contributed by atoms with E-state index in [-0.39, 0.29) is 12.4 Å². The predicted molar refractivity (Wildman–Crippen MR) is 91.3 cm³/mol. The van der Waals surface area contributed by atoms with Crippen LogP contribution in [-0.4, -0.2) is 22.9 Å². The summed E-state index contributed by atoms with van der Waals surface area (Å²) in [7, 11) is 0. The number of hydrogen-bond acceptors (Lipinski definition) is 6. The van der Waals surface area contributed by atoms with Crippen molar-refractivity contribution in [1.82, 2.24) is 0 Å². The summed E-state index contributed by atoms with van der Waals surface area (Å²) in [6.07, 6.45) is 1.41. The number of anilines is 1. The van der Waals surface area contributed by atoms with Gasteiger partial charge in [0.05, 0.1) is 23.4 Å². The topological polar surface area (TPSA) is 97.0 Å². The van der Waals surface area contributed by atoms with Gasteiger partial charge in [-0.2, -0.15) is 5.10 Å². The number of aromatic hydroxyl groups is 1. The van der Waals surface area contributed by atoms with E-state index >= 15 is 0 Å². The van der Waals surface area contributed by atoms with Crippen LogP contribution in [0.25, 0.3) is 0 Å². The van der Waals surface area contributed by atoms with Crippen molar-refractivity contribution in [1.29, 1.82) is 0 Å². The minimum atomic E-state index is -0.670. The Morgan fingerprint density at radius 1 is 1.43 bits per heavy atom. The van der Waals surface area contributed by atoms with Crippen LogP contribution in [0, 0.1) is 10.1 Å². The molecule has 0 heterocycles. The molecule has 0 fully saturated rings. The third kappa shape index (κ3) is 4.43. The Balaban J connectivity index is 2.24. The van der Waals surface area contributed by atoms with Crippen molar-refractivity contribution in [3.05, 3.63) is 56.5 Å². The molecule has 2 N–H and O–H groups in total. The second-order valence-electron chi connectivity index (χ2n) is 4.46. The zero-order valence-corrected chi connectivity index (χ0v) is 13.8. The Bertz CT molecular complexity index is 749. The molecule has 0 aliphatic heterocycles. The van der Waals surface area contributed by atoms with Crippen molar-refractivity contribution >= 4 is 33.5 Å². The second kappa shape index (κ2) is 7.59. The number of nitrogens with zero attached hydrogens (tertiary/aromatic N) is 2. The Labute approximate surface area is 140 Å². The van der Waals surface area contributed by atoms with E-state index in [0.29, 0.717) is 5.56 Å². The van der Waals surface area contributed by atoms with Crippen molar-refractivity contribution in [2.75, 3.05) is 12.0 Å². The monoisotopic (exact) mass is 379 g/mol. The first-order valence-electron chi connectivity index (χ1n) is 6.70. The molecule has 0 saturated carbocycles. The number of ether oxygens (including phenoxy) is 1. The Morgan fingerprint density at radius 3 is 2.87 bits per heavy atom. The largest absolute Gasteiger partial charge is 0.500 e. The molecule has 0 atom stereocenters. The lowest BCUT2D eigenvalue weighted by atomic mass is 10.2. The smallest absolute Gasteiger partial charge is 0.315 e. The van der Waals surface area contributed by atoms with Crippen LogP contribution in [0.3, 0.4) is 0 Å². The third-order valence-electron chi connectivity index (χ3n) is 2.81. The molecule has 2 rings (SSSR count). The highest BCUT2D eigenvalue weighted by Crippen LogP contribution is 2.36. The molecule has 0 aromatic heterocycles. The van der Waals surface area contributed by atoms with Crippen LogP contribution in [0.4, 0.5) is 11.4 Å². The summed E-state index contributed by atoms with van der Waals surface area (Å²) < 4.78 is 6.11. The molecular weight excluding hydrogens is 366 g/mol. The molecule has 0 spiro atoms. The maximum Gasteiger partial charge on any atom is 0.315 e. The number of hydrazone groups is 1. The summed E-state index contributed by atoms with van der Waals surface area (Å²) in [5.74, 6) is -0.445. The highest BCUT2D eigenvalue weighted by molar-refractivity contribution is 9.10. The minimum Gasteiger partial charge on any atom is -0.500 e. The summed E-state index contributed by atoms with van der Waals surface area (Å²) in [6.45, 7) is 2.00. The normalized spacial score (nSPS) is 10.7. The van der Waals surface area contributed by atoms with Gasteiger partial charge in [0, 0.05) is 16.1 Å². The maximum atomic E-state index is 11.0. The van der Waals surface area contributed by atoms with Gasteiger partial charge < -0.3 is 9.84 Å². The number of hydrogen-bond donors (Lipinski definition) is 2. The molecule has 0 radical (unpaired) electrons. The van der Waals surface area contributed by atoms with Gasteiger partial charge in [0.2, 0.25) is 5.75 Å². The summed E-state index contributed by atoms with van der Waals surface area (Å²) in [6, 6.07) is 10.1. The van der Waals surface area contributed by atoms with E-state index in [9.17, 15) is 15.2 Å². The van der Waals surface area contributed by atoms with Gasteiger partial charge in [-0.15, -0.1) is 0 Å². The molecule has 2 aromatic carbocycles. The van der Waals surface area contributed by atoms with Gasteiger partial charge in [0.15, 0.2) is 5.75 Å². The van der Waals surface area contributed by atoms with Crippen molar-refractivity contribution in [2.45, 2.75) is 6.92 Å². The standard InChI is InChI=1S/C15H14BrN3O4/c1-2-23-14-7-10(6-13(15(14)20)19(21)22)9-17-18-12-5-3-4-11(16)8-12/h3-9,18,20H,2H2,1H3.